The Balaban J connectivity index is 2.81. The fourth-order valence-electron chi connectivity index (χ4n) is 2.35. The van der Waals surface area contributed by atoms with Gasteiger partial charge >= 0.3 is 5.97 Å². The van der Waals surface area contributed by atoms with Gasteiger partial charge in [-0.15, -0.1) is 0 Å². The number of hydrogen-bond acceptors (Lipinski definition) is 4. The fraction of sp³-hybridized carbons (Fsp3) is 0.857. The number of amides is 1. The Morgan fingerprint density at radius 3 is 2.30 bits per heavy atom. The lowest BCUT2D eigenvalue weighted by molar-refractivity contribution is -0.141. The number of aliphatic carboxylic acids is 1. The minimum atomic E-state index is -0.918. The summed E-state index contributed by atoms with van der Waals surface area (Å²) in [5.41, 5.74) is 4.84. The summed E-state index contributed by atoms with van der Waals surface area (Å²) >= 11 is 0. The van der Waals surface area contributed by atoms with E-state index in [0.717, 1.165) is 0 Å². The minimum Gasteiger partial charge on any atom is -0.481 e. The summed E-state index contributed by atoms with van der Waals surface area (Å²) in [6.45, 7) is 7.04. The van der Waals surface area contributed by atoms with Gasteiger partial charge in [0.15, 0.2) is 0 Å². The zero-order valence-corrected chi connectivity index (χ0v) is 12.6. The second-order valence-electron chi connectivity index (χ2n) is 6.59. The molecule has 1 unspecified atom stereocenters. The molecule has 0 spiro atoms. The first-order valence-electron chi connectivity index (χ1n) is 7.02. The lowest BCUT2D eigenvalue weighted by atomic mass is 9.77. The van der Waals surface area contributed by atoms with Gasteiger partial charge in [0.05, 0.1) is 11.8 Å². The summed E-state index contributed by atoms with van der Waals surface area (Å²) in [5, 5.41) is 11.9. The zero-order valence-electron chi connectivity index (χ0n) is 12.6. The van der Waals surface area contributed by atoms with Crippen molar-refractivity contribution in [3.05, 3.63) is 0 Å². The molecule has 4 N–H and O–H groups in total. The van der Waals surface area contributed by atoms with Crippen LogP contribution in [0.4, 0.5) is 0 Å². The number of carboxylic acids is 1. The first-order chi connectivity index (χ1) is 9.21. The lowest BCUT2D eigenvalue weighted by Gasteiger charge is -2.38. The summed E-state index contributed by atoms with van der Waals surface area (Å²) in [6.07, 6.45) is 1.07. The van der Waals surface area contributed by atoms with Gasteiger partial charge in [-0.1, -0.05) is 20.8 Å². The van der Waals surface area contributed by atoms with Crippen molar-refractivity contribution in [2.24, 2.45) is 16.6 Å². The predicted molar refractivity (Wildman–Crippen MR) is 75.2 cm³/mol. The first kappa shape index (κ1) is 16.9. The highest BCUT2D eigenvalue weighted by Gasteiger charge is 2.41. The smallest absolute Gasteiger partial charge is 0.305 e. The Kier molecular flexibility index (Phi) is 5.53. The maximum Gasteiger partial charge on any atom is 0.305 e. The van der Waals surface area contributed by atoms with Crippen LogP contribution in [0.2, 0.25) is 0 Å². The third kappa shape index (κ3) is 4.18. The molecule has 0 aromatic rings. The summed E-state index contributed by atoms with van der Waals surface area (Å²) in [6, 6.07) is -0.418. The van der Waals surface area contributed by atoms with Crippen molar-refractivity contribution >= 4 is 11.9 Å². The van der Waals surface area contributed by atoms with Gasteiger partial charge in [-0.05, 0) is 18.3 Å². The molecule has 0 aromatic heterocycles. The molecule has 1 rings (SSSR count). The molecule has 0 bridgehead atoms. The number of rotatable bonds is 5. The van der Waals surface area contributed by atoms with Gasteiger partial charge in [-0.3, -0.25) is 9.59 Å². The Bertz CT molecular complexity index is 357. The normalized spacial score (nSPS) is 20.2. The monoisotopic (exact) mass is 286 g/mol. The molecule has 0 saturated carbocycles. The molecule has 20 heavy (non-hydrogen) atoms. The van der Waals surface area contributed by atoms with Crippen LogP contribution in [-0.4, -0.2) is 42.8 Å². The zero-order chi connectivity index (χ0) is 15.4. The number of carbonyl (C=O) groups is 2. The molecular weight excluding hydrogens is 260 g/mol. The number of nitrogens with one attached hydrogen (secondary N) is 1. The summed E-state index contributed by atoms with van der Waals surface area (Å²) in [4.78, 5) is 23.5. The maximum atomic E-state index is 12.6. The van der Waals surface area contributed by atoms with E-state index in [4.69, 9.17) is 15.6 Å². The van der Waals surface area contributed by atoms with Gasteiger partial charge in [-0.25, -0.2) is 0 Å². The van der Waals surface area contributed by atoms with Crippen molar-refractivity contribution in [1.82, 2.24) is 5.32 Å². The number of carboxylic acid groups (broad SMARTS) is 1. The van der Waals surface area contributed by atoms with E-state index in [0.29, 0.717) is 26.1 Å². The maximum absolute atomic E-state index is 12.6. The molecule has 1 aliphatic rings. The average Bonchev–Trinajstić information content (AvgIpc) is 2.37. The average molecular weight is 286 g/mol. The molecule has 1 atom stereocenters. The highest BCUT2D eigenvalue weighted by atomic mass is 16.5. The van der Waals surface area contributed by atoms with Gasteiger partial charge < -0.3 is 20.9 Å². The second-order valence-corrected chi connectivity index (χ2v) is 6.59. The Morgan fingerprint density at radius 1 is 1.35 bits per heavy atom. The molecular formula is C14H26N2O4. The third-order valence-electron chi connectivity index (χ3n) is 4.05. The first-order valence-corrected chi connectivity index (χ1v) is 7.02. The van der Waals surface area contributed by atoms with E-state index in [9.17, 15) is 9.59 Å². The van der Waals surface area contributed by atoms with Crippen molar-refractivity contribution < 1.29 is 19.4 Å². The molecule has 6 nitrogen and oxygen atoms in total. The Morgan fingerprint density at radius 2 is 1.90 bits per heavy atom. The van der Waals surface area contributed by atoms with Crippen LogP contribution < -0.4 is 11.1 Å². The molecule has 0 radical (unpaired) electrons. The highest BCUT2D eigenvalue weighted by molar-refractivity contribution is 5.84. The van der Waals surface area contributed by atoms with Gasteiger partial charge in [0.25, 0.3) is 0 Å². The molecule has 1 heterocycles. The van der Waals surface area contributed by atoms with Crippen LogP contribution in [0.25, 0.3) is 0 Å². The molecule has 1 fully saturated rings. The summed E-state index contributed by atoms with van der Waals surface area (Å²) in [5.74, 6) is -1.07. The van der Waals surface area contributed by atoms with Crippen LogP contribution in [0.3, 0.4) is 0 Å². The van der Waals surface area contributed by atoms with E-state index in [1.165, 1.54) is 0 Å². The van der Waals surface area contributed by atoms with E-state index in [1.807, 2.05) is 20.8 Å². The second kappa shape index (κ2) is 6.54. The lowest BCUT2D eigenvalue weighted by Crippen LogP contribution is -2.54. The van der Waals surface area contributed by atoms with Crippen LogP contribution in [0.5, 0.6) is 0 Å². The number of ether oxygens (including phenoxy) is 1. The minimum absolute atomic E-state index is 0.0909. The van der Waals surface area contributed by atoms with Crippen molar-refractivity contribution in [3.63, 3.8) is 0 Å². The van der Waals surface area contributed by atoms with Gasteiger partial charge in [-0.2, -0.15) is 0 Å². The van der Waals surface area contributed by atoms with Crippen LogP contribution in [0.15, 0.2) is 0 Å². The van der Waals surface area contributed by atoms with E-state index in [1.54, 1.807) is 0 Å². The van der Waals surface area contributed by atoms with Crippen molar-refractivity contribution in [2.45, 2.75) is 46.1 Å². The van der Waals surface area contributed by atoms with Crippen LogP contribution in [0, 0.1) is 10.8 Å². The fourth-order valence-corrected chi connectivity index (χ4v) is 2.35. The standard InChI is InChI=1S/C14H26N2O4/c1-13(2,3)10(8-11(17)18)16-12(19)14(9-15)4-6-20-7-5-14/h10H,4-9,15H2,1-3H3,(H,16,19)(H,17,18). The summed E-state index contributed by atoms with van der Waals surface area (Å²) in [7, 11) is 0. The number of carbonyl (C=O) groups excluding carboxylic acids is 1. The van der Waals surface area contributed by atoms with Gasteiger partial charge in [0.2, 0.25) is 5.91 Å². The van der Waals surface area contributed by atoms with Crippen molar-refractivity contribution in [1.29, 1.82) is 0 Å². The van der Waals surface area contributed by atoms with E-state index in [2.05, 4.69) is 5.32 Å². The Hall–Kier alpha value is -1.14. The quantitative estimate of drug-likeness (QED) is 0.692. The Labute approximate surface area is 120 Å². The number of hydrogen-bond donors (Lipinski definition) is 3. The molecule has 0 aromatic carbocycles. The largest absolute Gasteiger partial charge is 0.481 e. The van der Waals surface area contributed by atoms with Crippen LogP contribution in [-0.2, 0) is 14.3 Å². The van der Waals surface area contributed by atoms with E-state index < -0.39 is 17.4 Å². The highest BCUT2D eigenvalue weighted by Crippen LogP contribution is 2.31. The molecule has 1 saturated heterocycles. The van der Waals surface area contributed by atoms with E-state index >= 15 is 0 Å². The molecule has 1 amide bonds. The SMILES string of the molecule is CC(C)(C)C(CC(=O)O)NC(=O)C1(CN)CCOCC1. The third-order valence-corrected chi connectivity index (χ3v) is 4.05. The number of nitrogens with two attached hydrogens (primary N) is 1. The van der Waals surface area contributed by atoms with E-state index in [-0.39, 0.29) is 24.3 Å². The van der Waals surface area contributed by atoms with Crippen LogP contribution in [0.1, 0.15) is 40.0 Å². The van der Waals surface area contributed by atoms with Crippen LogP contribution >= 0.6 is 0 Å². The summed E-state index contributed by atoms with van der Waals surface area (Å²) < 4.78 is 5.28. The van der Waals surface area contributed by atoms with Gasteiger partial charge in [0.1, 0.15) is 0 Å². The predicted octanol–water partition coefficient (Wildman–Crippen LogP) is 0.748. The van der Waals surface area contributed by atoms with Gasteiger partial charge in [0, 0.05) is 25.8 Å². The topological polar surface area (TPSA) is 102 Å². The molecule has 116 valence electrons. The van der Waals surface area contributed by atoms with Crippen molar-refractivity contribution in [2.75, 3.05) is 19.8 Å². The van der Waals surface area contributed by atoms with Crippen molar-refractivity contribution in [3.8, 4) is 0 Å². The molecule has 0 aliphatic carbocycles. The molecule has 1 aliphatic heterocycles. The molecule has 6 heteroatoms.